The van der Waals surface area contributed by atoms with Crippen LogP contribution in [-0.2, 0) is 9.53 Å². The smallest absolute Gasteiger partial charge is 0.387 e. The van der Waals surface area contributed by atoms with E-state index in [1.165, 1.54) is 31.2 Å². The highest BCUT2D eigenvalue weighted by Crippen LogP contribution is 2.18. The first kappa shape index (κ1) is 19.4. The van der Waals surface area contributed by atoms with Crippen molar-refractivity contribution in [2.24, 2.45) is 0 Å². The number of halogens is 2. The molecule has 0 heterocycles. The normalized spacial score (nSPS) is 11.8. The molecule has 0 aliphatic heterocycles. The largest absolute Gasteiger partial charge is 0.449 e. The van der Waals surface area contributed by atoms with E-state index in [9.17, 15) is 18.4 Å². The highest BCUT2D eigenvalue weighted by atomic mass is 19.3. The fraction of sp³-hybridized carbons (Fsp3) is 0.263. The monoisotopic (exact) mass is 363 g/mol. The minimum atomic E-state index is -2.94. The summed E-state index contributed by atoms with van der Waals surface area (Å²) in [6, 6.07) is 10.7. The lowest BCUT2D eigenvalue weighted by Gasteiger charge is -2.15. The standard InChI is InChI=1S/C19H19F2NO4/c1-11-4-5-12(2)16(10-11)22-17(23)13(3)25-18(24)14-6-8-15(9-7-14)26-19(20)21/h4-10,13,19H,1-3H3,(H,22,23)/t13-/m1/s1. The molecule has 1 N–H and O–H groups in total. The zero-order valence-corrected chi connectivity index (χ0v) is 14.6. The van der Waals surface area contributed by atoms with Crippen LogP contribution in [0.2, 0.25) is 0 Å². The maximum atomic E-state index is 12.2. The second kappa shape index (κ2) is 8.42. The quantitative estimate of drug-likeness (QED) is 0.785. The molecule has 0 saturated heterocycles. The molecule has 0 fully saturated rings. The number of anilines is 1. The molecule has 2 aromatic carbocycles. The number of amides is 1. The molecule has 0 radical (unpaired) electrons. The van der Waals surface area contributed by atoms with Crippen LogP contribution in [0.1, 0.15) is 28.4 Å². The Hall–Kier alpha value is -2.96. The molecule has 2 rings (SSSR count). The summed E-state index contributed by atoms with van der Waals surface area (Å²) in [5.41, 5.74) is 2.64. The van der Waals surface area contributed by atoms with E-state index in [4.69, 9.17) is 4.74 Å². The Morgan fingerprint density at radius 1 is 1.04 bits per heavy atom. The number of carbonyl (C=O) groups is 2. The van der Waals surface area contributed by atoms with Crippen molar-refractivity contribution in [3.8, 4) is 5.75 Å². The Morgan fingerprint density at radius 3 is 2.31 bits per heavy atom. The summed E-state index contributed by atoms with van der Waals surface area (Å²) >= 11 is 0. The lowest BCUT2D eigenvalue weighted by Crippen LogP contribution is -2.30. The minimum absolute atomic E-state index is 0.0720. The first-order valence-electron chi connectivity index (χ1n) is 7.90. The first-order valence-corrected chi connectivity index (χ1v) is 7.90. The van der Waals surface area contributed by atoms with Crippen molar-refractivity contribution < 1.29 is 27.8 Å². The number of benzene rings is 2. The van der Waals surface area contributed by atoms with Crippen molar-refractivity contribution in [2.75, 3.05) is 5.32 Å². The van der Waals surface area contributed by atoms with Gasteiger partial charge < -0.3 is 14.8 Å². The number of aryl methyl sites for hydroxylation is 2. The van der Waals surface area contributed by atoms with E-state index in [0.29, 0.717) is 5.69 Å². The number of alkyl halides is 2. The van der Waals surface area contributed by atoms with Crippen molar-refractivity contribution in [3.63, 3.8) is 0 Å². The molecule has 0 unspecified atom stereocenters. The van der Waals surface area contributed by atoms with Gasteiger partial charge in [0, 0.05) is 5.69 Å². The van der Waals surface area contributed by atoms with E-state index in [0.717, 1.165) is 11.1 Å². The number of hydrogen-bond donors (Lipinski definition) is 1. The third-order valence-electron chi connectivity index (χ3n) is 3.62. The predicted molar refractivity (Wildman–Crippen MR) is 92.5 cm³/mol. The summed E-state index contributed by atoms with van der Waals surface area (Å²) in [6.07, 6.45) is -1.03. The van der Waals surface area contributed by atoms with Crippen LogP contribution in [0.4, 0.5) is 14.5 Å². The van der Waals surface area contributed by atoms with Gasteiger partial charge in [-0.3, -0.25) is 4.79 Å². The second-order valence-electron chi connectivity index (χ2n) is 5.76. The summed E-state index contributed by atoms with van der Waals surface area (Å²) < 4.78 is 33.6. The van der Waals surface area contributed by atoms with Crippen LogP contribution in [-0.4, -0.2) is 24.6 Å². The molecule has 0 bridgehead atoms. The fourth-order valence-electron chi connectivity index (χ4n) is 2.16. The molecule has 2 aromatic rings. The second-order valence-corrected chi connectivity index (χ2v) is 5.76. The average molecular weight is 363 g/mol. The summed E-state index contributed by atoms with van der Waals surface area (Å²) in [6.45, 7) is 2.27. The summed E-state index contributed by atoms with van der Waals surface area (Å²) in [5.74, 6) is -1.28. The molecule has 1 atom stereocenters. The lowest BCUT2D eigenvalue weighted by molar-refractivity contribution is -0.123. The molecular weight excluding hydrogens is 344 g/mol. The van der Waals surface area contributed by atoms with Crippen LogP contribution in [0.3, 0.4) is 0 Å². The van der Waals surface area contributed by atoms with Crippen LogP contribution < -0.4 is 10.1 Å². The summed E-state index contributed by atoms with van der Waals surface area (Å²) in [5, 5.41) is 2.72. The molecule has 0 aromatic heterocycles. The van der Waals surface area contributed by atoms with Crippen molar-refractivity contribution in [1.29, 1.82) is 0 Å². The molecule has 138 valence electrons. The van der Waals surface area contributed by atoms with Crippen molar-refractivity contribution >= 4 is 17.6 Å². The maximum Gasteiger partial charge on any atom is 0.387 e. The Balaban J connectivity index is 1.97. The molecular formula is C19H19F2NO4. The van der Waals surface area contributed by atoms with Gasteiger partial charge in [-0.1, -0.05) is 12.1 Å². The van der Waals surface area contributed by atoms with Gasteiger partial charge in [0.1, 0.15) is 5.75 Å². The Labute approximate surface area is 149 Å². The van der Waals surface area contributed by atoms with Crippen molar-refractivity contribution in [3.05, 3.63) is 59.2 Å². The van der Waals surface area contributed by atoms with Gasteiger partial charge in [-0.2, -0.15) is 8.78 Å². The van der Waals surface area contributed by atoms with E-state index in [1.54, 1.807) is 0 Å². The van der Waals surface area contributed by atoms with Crippen LogP contribution >= 0.6 is 0 Å². The van der Waals surface area contributed by atoms with Gasteiger partial charge in [0.2, 0.25) is 0 Å². The van der Waals surface area contributed by atoms with Gasteiger partial charge in [-0.05, 0) is 62.2 Å². The minimum Gasteiger partial charge on any atom is -0.449 e. The Kier molecular flexibility index (Phi) is 6.27. The zero-order valence-electron chi connectivity index (χ0n) is 14.6. The van der Waals surface area contributed by atoms with Crippen molar-refractivity contribution in [1.82, 2.24) is 0 Å². The number of rotatable bonds is 6. The number of esters is 1. The van der Waals surface area contributed by atoms with E-state index in [2.05, 4.69) is 10.1 Å². The number of nitrogens with one attached hydrogen (secondary N) is 1. The third-order valence-corrected chi connectivity index (χ3v) is 3.62. The van der Waals surface area contributed by atoms with E-state index < -0.39 is 24.6 Å². The van der Waals surface area contributed by atoms with Crippen LogP contribution in [0, 0.1) is 13.8 Å². The molecule has 7 heteroatoms. The highest BCUT2D eigenvalue weighted by Gasteiger charge is 2.20. The van der Waals surface area contributed by atoms with Crippen LogP contribution in [0.25, 0.3) is 0 Å². The summed E-state index contributed by atoms with van der Waals surface area (Å²) in [4.78, 5) is 24.3. The highest BCUT2D eigenvalue weighted by molar-refractivity contribution is 5.97. The number of hydrogen-bond acceptors (Lipinski definition) is 4. The van der Waals surface area contributed by atoms with Crippen LogP contribution in [0.5, 0.6) is 5.75 Å². The fourth-order valence-corrected chi connectivity index (χ4v) is 2.16. The lowest BCUT2D eigenvalue weighted by atomic mass is 10.1. The van der Waals surface area contributed by atoms with Gasteiger partial charge in [0.05, 0.1) is 5.56 Å². The van der Waals surface area contributed by atoms with Gasteiger partial charge in [-0.15, -0.1) is 0 Å². The molecule has 0 spiro atoms. The molecule has 0 aliphatic carbocycles. The van der Waals surface area contributed by atoms with Crippen LogP contribution in [0.15, 0.2) is 42.5 Å². The van der Waals surface area contributed by atoms with E-state index in [-0.39, 0.29) is 11.3 Å². The predicted octanol–water partition coefficient (Wildman–Crippen LogP) is 4.09. The maximum absolute atomic E-state index is 12.2. The molecule has 0 aliphatic rings. The SMILES string of the molecule is Cc1ccc(C)c(NC(=O)[C@@H](C)OC(=O)c2ccc(OC(F)F)cc2)c1. The molecule has 5 nitrogen and oxygen atoms in total. The van der Waals surface area contributed by atoms with E-state index in [1.807, 2.05) is 32.0 Å². The van der Waals surface area contributed by atoms with E-state index >= 15 is 0 Å². The van der Waals surface area contributed by atoms with Gasteiger partial charge >= 0.3 is 12.6 Å². The topological polar surface area (TPSA) is 64.6 Å². The molecule has 0 saturated carbocycles. The molecule has 26 heavy (non-hydrogen) atoms. The number of carbonyl (C=O) groups excluding carboxylic acids is 2. The Morgan fingerprint density at radius 2 is 1.69 bits per heavy atom. The third kappa shape index (κ3) is 5.27. The number of ether oxygens (including phenoxy) is 2. The average Bonchev–Trinajstić information content (AvgIpc) is 2.58. The zero-order chi connectivity index (χ0) is 19.3. The van der Waals surface area contributed by atoms with Gasteiger partial charge in [-0.25, -0.2) is 4.79 Å². The van der Waals surface area contributed by atoms with Gasteiger partial charge in [0.15, 0.2) is 6.10 Å². The summed E-state index contributed by atoms with van der Waals surface area (Å²) in [7, 11) is 0. The molecule has 1 amide bonds. The van der Waals surface area contributed by atoms with Gasteiger partial charge in [0.25, 0.3) is 5.91 Å². The first-order chi connectivity index (χ1) is 12.3. The Bertz CT molecular complexity index is 791. The van der Waals surface area contributed by atoms with Crippen molar-refractivity contribution in [2.45, 2.75) is 33.5 Å².